The van der Waals surface area contributed by atoms with Gasteiger partial charge in [-0.15, -0.1) is 0 Å². The molecule has 6 rings (SSSR count). The minimum atomic E-state index is -1.07. The topological polar surface area (TPSA) is 111 Å². The molecule has 0 unspecified atom stereocenters. The molecule has 4 N–H and O–H groups in total. The number of H-pyrrole nitrogens is 1. The number of aliphatic carboxylic acids is 1. The molecule has 4 aliphatic carbocycles. The van der Waals surface area contributed by atoms with Crippen LogP contribution in [0.4, 0.5) is 0 Å². The van der Waals surface area contributed by atoms with Gasteiger partial charge in [0.1, 0.15) is 12.1 Å². The lowest BCUT2D eigenvalue weighted by atomic mass is 9.49. The van der Waals surface area contributed by atoms with E-state index in [4.69, 9.17) is 0 Å². The average Bonchev–Trinajstić information content (AvgIpc) is 3.18. The van der Waals surface area contributed by atoms with E-state index in [0.717, 1.165) is 35.7 Å². The molecule has 182 valence electrons. The van der Waals surface area contributed by atoms with E-state index in [1.165, 1.54) is 19.3 Å². The summed E-state index contributed by atoms with van der Waals surface area (Å²) in [6.45, 7) is 3.53. The van der Waals surface area contributed by atoms with Crippen molar-refractivity contribution in [2.24, 2.45) is 29.1 Å². The van der Waals surface area contributed by atoms with Gasteiger partial charge in [0.05, 0.1) is 0 Å². The third-order valence-electron chi connectivity index (χ3n) is 8.47. The third kappa shape index (κ3) is 4.21. The van der Waals surface area contributed by atoms with Gasteiger partial charge in [0.25, 0.3) is 0 Å². The van der Waals surface area contributed by atoms with E-state index >= 15 is 0 Å². The number of aromatic nitrogens is 1. The van der Waals surface area contributed by atoms with Gasteiger partial charge in [0.2, 0.25) is 11.8 Å². The highest BCUT2D eigenvalue weighted by Gasteiger charge is 2.55. The summed E-state index contributed by atoms with van der Waals surface area (Å²) in [5.74, 6) is 0.0591. The highest BCUT2D eigenvalue weighted by atomic mass is 16.4. The maximum Gasteiger partial charge on any atom is 0.326 e. The van der Waals surface area contributed by atoms with Crippen molar-refractivity contribution >= 4 is 28.7 Å². The SMILES string of the molecule is CC(C)[C@@H](NC(=O)[C@H](Cc1c[nH]c2ccccc12)NC(=O)C12CC3CC(CC(C3)C1)C2)C(=O)O. The molecule has 4 aliphatic rings. The van der Waals surface area contributed by atoms with E-state index < -0.39 is 24.0 Å². The second-order valence-electron chi connectivity index (χ2n) is 11.4. The number of para-hydroxylation sites is 1. The van der Waals surface area contributed by atoms with E-state index in [-0.39, 0.29) is 17.2 Å². The average molecular weight is 466 g/mol. The number of fused-ring (bicyclic) bond motifs is 1. The normalized spacial score (nSPS) is 29.2. The van der Waals surface area contributed by atoms with Crippen LogP contribution in [-0.4, -0.2) is 40.0 Å². The van der Waals surface area contributed by atoms with Crippen LogP contribution in [0.3, 0.4) is 0 Å². The first-order valence-corrected chi connectivity index (χ1v) is 12.6. The van der Waals surface area contributed by atoms with Crippen LogP contribution < -0.4 is 10.6 Å². The van der Waals surface area contributed by atoms with Gasteiger partial charge in [0.15, 0.2) is 0 Å². The Balaban J connectivity index is 1.40. The van der Waals surface area contributed by atoms with Gasteiger partial charge in [-0.3, -0.25) is 9.59 Å². The molecular formula is C27H35N3O4. The minimum absolute atomic E-state index is 0.0250. The zero-order valence-corrected chi connectivity index (χ0v) is 20.0. The number of aromatic amines is 1. The van der Waals surface area contributed by atoms with Crippen LogP contribution in [0, 0.1) is 29.1 Å². The van der Waals surface area contributed by atoms with Gasteiger partial charge in [-0.25, -0.2) is 4.79 Å². The standard InChI is InChI=1S/C27H35N3O4/c1-15(2)23(25(32)33)30-24(31)22(10-19-14-28-21-6-4-3-5-20(19)21)29-26(34)27-11-16-7-17(12-27)9-18(8-16)13-27/h3-6,14-18,22-23,28H,7-13H2,1-2H3,(H,29,34)(H,30,31)(H,32,33)/t16?,17?,18?,22-,23+,27?/m0/s1. The van der Waals surface area contributed by atoms with E-state index in [0.29, 0.717) is 24.2 Å². The summed E-state index contributed by atoms with van der Waals surface area (Å²) in [6, 6.07) is 6.02. The molecule has 0 spiro atoms. The molecule has 4 saturated carbocycles. The number of nitrogens with one attached hydrogen (secondary N) is 3. The summed E-state index contributed by atoms with van der Waals surface area (Å²) in [5.41, 5.74) is 1.52. The van der Waals surface area contributed by atoms with Crippen molar-refractivity contribution in [3.8, 4) is 0 Å². The third-order valence-corrected chi connectivity index (χ3v) is 8.47. The highest BCUT2D eigenvalue weighted by Crippen LogP contribution is 2.60. The Morgan fingerprint density at radius 2 is 1.65 bits per heavy atom. The van der Waals surface area contributed by atoms with Crippen molar-refractivity contribution in [2.45, 2.75) is 70.9 Å². The van der Waals surface area contributed by atoms with Crippen LogP contribution in [0.1, 0.15) is 57.9 Å². The van der Waals surface area contributed by atoms with Crippen molar-refractivity contribution in [1.29, 1.82) is 0 Å². The van der Waals surface area contributed by atoms with Gasteiger partial charge >= 0.3 is 5.97 Å². The first-order valence-electron chi connectivity index (χ1n) is 12.6. The Morgan fingerprint density at radius 1 is 1.03 bits per heavy atom. The molecule has 34 heavy (non-hydrogen) atoms. The summed E-state index contributed by atoms with van der Waals surface area (Å²) in [6.07, 6.45) is 8.63. The zero-order valence-electron chi connectivity index (χ0n) is 20.0. The lowest BCUT2D eigenvalue weighted by Gasteiger charge is -2.55. The van der Waals surface area contributed by atoms with Crippen LogP contribution in [0.5, 0.6) is 0 Å². The van der Waals surface area contributed by atoms with Gasteiger partial charge in [0, 0.05) is 28.9 Å². The zero-order chi connectivity index (χ0) is 24.0. The summed E-state index contributed by atoms with van der Waals surface area (Å²) < 4.78 is 0. The van der Waals surface area contributed by atoms with Crippen LogP contribution >= 0.6 is 0 Å². The van der Waals surface area contributed by atoms with Crippen LogP contribution in [0.2, 0.25) is 0 Å². The second kappa shape index (κ2) is 8.75. The second-order valence-corrected chi connectivity index (χ2v) is 11.4. The van der Waals surface area contributed by atoms with Crippen LogP contribution in [0.15, 0.2) is 30.5 Å². The quantitative estimate of drug-likeness (QED) is 0.477. The number of hydrogen-bond acceptors (Lipinski definition) is 3. The van der Waals surface area contributed by atoms with Gasteiger partial charge < -0.3 is 20.7 Å². The molecule has 0 radical (unpaired) electrons. The predicted molar refractivity (Wildman–Crippen MR) is 129 cm³/mol. The number of carbonyl (C=O) groups is 3. The monoisotopic (exact) mass is 465 g/mol. The molecule has 2 aromatic rings. The maximum atomic E-state index is 13.7. The van der Waals surface area contributed by atoms with E-state index in [9.17, 15) is 19.5 Å². The largest absolute Gasteiger partial charge is 0.480 e. The highest BCUT2D eigenvalue weighted by molar-refractivity contribution is 5.93. The lowest BCUT2D eigenvalue weighted by molar-refractivity contribution is -0.149. The molecule has 4 bridgehead atoms. The Kier molecular flexibility index (Phi) is 5.90. The fraction of sp³-hybridized carbons (Fsp3) is 0.593. The van der Waals surface area contributed by atoms with Crippen molar-refractivity contribution < 1.29 is 19.5 Å². The molecule has 1 aromatic carbocycles. The van der Waals surface area contributed by atoms with E-state index in [1.807, 2.05) is 30.5 Å². The predicted octanol–water partition coefficient (Wildman–Crippen LogP) is 3.64. The number of carboxylic acid groups (broad SMARTS) is 1. The Morgan fingerprint density at radius 3 is 2.24 bits per heavy atom. The van der Waals surface area contributed by atoms with Gasteiger partial charge in [-0.05, 0) is 73.8 Å². The molecule has 2 amide bonds. The van der Waals surface area contributed by atoms with Crippen molar-refractivity contribution in [3.63, 3.8) is 0 Å². The molecule has 7 nitrogen and oxygen atoms in total. The van der Waals surface area contributed by atoms with Gasteiger partial charge in [-0.2, -0.15) is 0 Å². The van der Waals surface area contributed by atoms with Crippen molar-refractivity contribution in [3.05, 3.63) is 36.0 Å². The molecule has 0 saturated heterocycles. The van der Waals surface area contributed by atoms with E-state index in [2.05, 4.69) is 15.6 Å². The van der Waals surface area contributed by atoms with Crippen LogP contribution in [0.25, 0.3) is 10.9 Å². The molecule has 7 heteroatoms. The number of amides is 2. The number of carbonyl (C=O) groups excluding carboxylic acids is 2. The molecule has 1 heterocycles. The van der Waals surface area contributed by atoms with E-state index in [1.54, 1.807) is 13.8 Å². The molecular weight excluding hydrogens is 430 g/mol. The Hall–Kier alpha value is -2.83. The maximum absolute atomic E-state index is 13.7. The number of hydrogen-bond donors (Lipinski definition) is 4. The van der Waals surface area contributed by atoms with Crippen molar-refractivity contribution in [1.82, 2.24) is 15.6 Å². The lowest BCUT2D eigenvalue weighted by Crippen LogP contribution is -2.59. The minimum Gasteiger partial charge on any atom is -0.480 e. The first-order chi connectivity index (χ1) is 16.2. The fourth-order valence-corrected chi connectivity index (χ4v) is 7.20. The molecule has 0 aliphatic heterocycles. The summed E-state index contributed by atoms with van der Waals surface area (Å²) in [7, 11) is 0. The van der Waals surface area contributed by atoms with Crippen LogP contribution in [-0.2, 0) is 20.8 Å². The summed E-state index contributed by atoms with van der Waals surface area (Å²) in [5, 5.41) is 16.4. The smallest absolute Gasteiger partial charge is 0.326 e. The molecule has 1 aromatic heterocycles. The number of benzene rings is 1. The fourth-order valence-electron chi connectivity index (χ4n) is 7.20. The Bertz CT molecular complexity index is 1070. The van der Waals surface area contributed by atoms with Gasteiger partial charge in [-0.1, -0.05) is 32.0 Å². The summed E-state index contributed by atoms with van der Waals surface area (Å²) in [4.78, 5) is 42.1. The Labute approximate surface area is 200 Å². The number of rotatable bonds is 8. The number of carboxylic acids is 1. The molecule has 2 atom stereocenters. The summed E-state index contributed by atoms with van der Waals surface area (Å²) >= 11 is 0. The first kappa shape index (κ1) is 22.9. The molecule has 4 fully saturated rings. The van der Waals surface area contributed by atoms with Crippen molar-refractivity contribution in [2.75, 3.05) is 0 Å².